The number of nitrogens with zero attached hydrogens (tertiary/aromatic N) is 2. The first-order valence-corrected chi connectivity index (χ1v) is 7.40. The van der Waals surface area contributed by atoms with Crippen molar-refractivity contribution in [1.29, 1.82) is 0 Å². The van der Waals surface area contributed by atoms with Gasteiger partial charge < -0.3 is 9.80 Å². The van der Waals surface area contributed by atoms with Crippen LogP contribution in [0.4, 0.5) is 0 Å². The normalized spacial score (nSPS) is 26.5. The van der Waals surface area contributed by atoms with E-state index in [1.807, 2.05) is 13.8 Å². The van der Waals surface area contributed by atoms with Gasteiger partial charge in [0.05, 0.1) is 0 Å². The summed E-state index contributed by atoms with van der Waals surface area (Å²) in [5.74, 6) is 1.71. The summed E-state index contributed by atoms with van der Waals surface area (Å²) in [7, 11) is 3.42. The van der Waals surface area contributed by atoms with E-state index in [0.29, 0.717) is 0 Å². The lowest BCUT2D eigenvalue weighted by Gasteiger charge is -2.40. The Morgan fingerprint density at radius 2 is 1.25 bits per heavy atom. The molecule has 0 N–H and O–H groups in total. The first kappa shape index (κ1) is 13.7. The van der Waals surface area contributed by atoms with E-state index in [1.54, 1.807) is 23.9 Å². The first-order valence-electron chi connectivity index (χ1n) is 5.31. The number of carbonyl (C=O) groups excluding carboxylic acids is 2. The van der Waals surface area contributed by atoms with Crippen molar-refractivity contribution in [3.63, 3.8) is 0 Å². The minimum absolute atomic E-state index is 0.0277. The fourth-order valence-corrected chi connectivity index (χ4v) is 3.50. The van der Waals surface area contributed by atoms with Crippen molar-refractivity contribution in [3.8, 4) is 0 Å². The highest BCUT2D eigenvalue weighted by Gasteiger charge is 2.42. The molecule has 1 fully saturated rings. The van der Waals surface area contributed by atoms with Crippen molar-refractivity contribution in [1.82, 2.24) is 9.80 Å². The fraction of sp³-hybridized carbons (Fsp3) is 0.800. The number of rotatable bonds is 4. The van der Waals surface area contributed by atoms with E-state index in [9.17, 15) is 9.59 Å². The summed E-state index contributed by atoms with van der Waals surface area (Å²) in [4.78, 5) is 27.3. The highest BCUT2D eigenvalue weighted by atomic mass is 32.2. The molecule has 0 radical (unpaired) electrons. The summed E-state index contributed by atoms with van der Waals surface area (Å²) in [6.45, 7) is 3.98. The molecule has 1 aliphatic heterocycles. The molecule has 6 heteroatoms. The second-order valence-corrected chi connectivity index (χ2v) is 6.23. The molecule has 1 heterocycles. The zero-order valence-electron chi connectivity index (χ0n) is 10.1. The van der Waals surface area contributed by atoms with E-state index in [1.165, 1.54) is 23.5 Å². The number of thioether (sulfide) groups is 2. The molecule has 2 atom stereocenters. The highest BCUT2D eigenvalue weighted by molar-refractivity contribution is 8.01. The third kappa shape index (κ3) is 2.48. The van der Waals surface area contributed by atoms with Crippen LogP contribution in [0.5, 0.6) is 0 Å². The molecular weight excluding hydrogens is 244 g/mol. The number of piperazine rings is 1. The van der Waals surface area contributed by atoms with Gasteiger partial charge in [-0.3, -0.25) is 9.59 Å². The minimum Gasteiger partial charge on any atom is -0.323 e. The molecule has 4 nitrogen and oxygen atoms in total. The Morgan fingerprint density at radius 1 is 0.938 bits per heavy atom. The average Bonchev–Trinajstić information content (AvgIpc) is 2.28. The largest absolute Gasteiger partial charge is 0.323 e. The SMILES string of the molecule is CCS[C@@H]1C(=O)N(C)[C@@H](SCC)C(=O)N1C. The van der Waals surface area contributed by atoms with Crippen molar-refractivity contribution in [3.05, 3.63) is 0 Å². The molecule has 0 spiro atoms. The van der Waals surface area contributed by atoms with Crippen LogP contribution in [0.15, 0.2) is 0 Å². The molecule has 16 heavy (non-hydrogen) atoms. The monoisotopic (exact) mass is 262 g/mol. The van der Waals surface area contributed by atoms with Gasteiger partial charge in [0.25, 0.3) is 11.8 Å². The lowest BCUT2D eigenvalue weighted by molar-refractivity contribution is -0.150. The van der Waals surface area contributed by atoms with Crippen LogP contribution in [-0.4, -0.2) is 58.0 Å². The fourth-order valence-electron chi connectivity index (χ4n) is 1.59. The topological polar surface area (TPSA) is 40.6 Å². The van der Waals surface area contributed by atoms with Crippen LogP contribution in [-0.2, 0) is 9.59 Å². The van der Waals surface area contributed by atoms with Crippen molar-refractivity contribution >= 4 is 35.3 Å². The molecule has 0 aromatic rings. The van der Waals surface area contributed by atoms with Crippen LogP contribution >= 0.6 is 23.5 Å². The van der Waals surface area contributed by atoms with Gasteiger partial charge in [-0.1, -0.05) is 13.8 Å². The van der Waals surface area contributed by atoms with Gasteiger partial charge in [-0.2, -0.15) is 0 Å². The Hall–Kier alpha value is -0.360. The molecule has 1 rings (SSSR count). The van der Waals surface area contributed by atoms with E-state index < -0.39 is 0 Å². The van der Waals surface area contributed by atoms with Crippen molar-refractivity contribution in [2.24, 2.45) is 0 Å². The third-order valence-electron chi connectivity index (χ3n) is 2.47. The van der Waals surface area contributed by atoms with Crippen LogP contribution in [0.1, 0.15) is 13.8 Å². The number of carbonyl (C=O) groups is 2. The summed E-state index contributed by atoms with van der Waals surface area (Å²) in [5.41, 5.74) is 0. The van der Waals surface area contributed by atoms with Gasteiger partial charge in [-0.05, 0) is 11.5 Å². The molecular formula is C10H18N2O2S2. The van der Waals surface area contributed by atoms with Crippen LogP contribution in [0.25, 0.3) is 0 Å². The maximum Gasteiger partial charge on any atom is 0.256 e. The van der Waals surface area contributed by atoms with E-state index in [0.717, 1.165) is 11.5 Å². The number of amides is 2. The Bertz CT molecular complexity index is 258. The molecule has 0 aromatic carbocycles. The van der Waals surface area contributed by atoms with Crippen LogP contribution in [0, 0.1) is 0 Å². The number of hydrogen-bond acceptors (Lipinski definition) is 4. The molecule has 1 saturated heterocycles. The molecule has 2 amide bonds. The lowest BCUT2D eigenvalue weighted by Crippen LogP contribution is -2.60. The van der Waals surface area contributed by atoms with Crippen molar-refractivity contribution in [2.75, 3.05) is 25.6 Å². The van der Waals surface area contributed by atoms with Gasteiger partial charge >= 0.3 is 0 Å². The Kier molecular flexibility index (Phi) is 4.98. The molecule has 0 aromatic heterocycles. The zero-order chi connectivity index (χ0) is 12.3. The summed E-state index contributed by atoms with van der Waals surface area (Å²) in [6.07, 6.45) is 0. The molecule has 0 unspecified atom stereocenters. The molecule has 1 aliphatic rings. The Morgan fingerprint density at radius 3 is 1.50 bits per heavy atom. The predicted molar refractivity (Wildman–Crippen MR) is 69.4 cm³/mol. The molecule has 92 valence electrons. The third-order valence-corrected chi connectivity index (χ3v) is 4.80. The van der Waals surface area contributed by atoms with Gasteiger partial charge in [0, 0.05) is 14.1 Å². The Labute approximate surface area is 105 Å². The summed E-state index contributed by atoms with van der Waals surface area (Å²) in [6, 6.07) is 0. The maximum atomic E-state index is 12.1. The van der Waals surface area contributed by atoms with Crippen LogP contribution in [0.3, 0.4) is 0 Å². The number of hydrogen-bond donors (Lipinski definition) is 0. The van der Waals surface area contributed by atoms with Crippen LogP contribution in [0.2, 0.25) is 0 Å². The number of likely N-dealkylation sites (N-methyl/N-ethyl adjacent to an activating group) is 2. The van der Waals surface area contributed by atoms with Gasteiger partial charge in [0.15, 0.2) is 10.7 Å². The van der Waals surface area contributed by atoms with E-state index in [2.05, 4.69) is 0 Å². The second-order valence-electron chi connectivity index (χ2n) is 3.51. The van der Waals surface area contributed by atoms with E-state index >= 15 is 0 Å². The minimum atomic E-state index is -0.351. The second kappa shape index (κ2) is 5.82. The zero-order valence-corrected chi connectivity index (χ0v) is 11.7. The quantitative estimate of drug-likeness (QED) is 0.760. The van der Waals surface area contributed by atoms with Gasteiger partial charge in [-0.25, -0.2) is 0 Å². The molecule has 0 bridgehead atoms. The van der Waals surface area contributed by atoms with Crippen LogP contribution < -0.4 is 0 Å². The van der Waals surface area contributed by atoms with E-state index in [4.69, 9.17) is 0 Å². The predicted octanol–water partition coefficient (Wildman–Crippen LogP) is 1.08. The van der Waals surface area contributed by atoms with E-state index in [-0.39, 0.29) is 22.6 Å². The van der Waals surface area contributed by atoms with Gasteiger partial charge in [0.2, 0.25) is 0 Å². The highest BCUT2D eigenvalue weighted by Crippen LogP contribution is 2.28. The van der Waals surface area contributed by atoms with Crippen molar-refractivity contribution in [2.45, 2.75) is 24.6 Å². The standard InChI is InChI=1S/C10H18N2O2S2/c1-5-15-9-7(13)12(4)10(16-6-2)8(14)11(9)3/h9-10H,5-6H2,1-4H3/t9-,10+. The van der Waals surface area contributed by atoms with Gasteiger partial charge in [-0.15, -0.1) is 23.5 Å². The smallest absolute Gasteiger partial charge is 0.256 e. The average molecular weight is 262 g/mol. The Balaban J connectivity index is 2.86. The first-order chi connectivity index (χ1) is 7.54. The summed E-state index contributed by atoms with van der Waals surface area (Å²) < 4.78 is 0. The maximum absolute atomic E-state index is 12.1. The molecule has 0 aliphatic carbocycles. The lowest BCUT2D eigenvalue weighted by atomic mass is 10.3. The summed E-state index contributed by atoms with van der Waals surface area (Å²) in [5, 5.41) is -0.701. The molecule has 0 saturated carbocycles. The van der Waals surface area contributed by atoms with Gasteiger partial charge in [0.1, 0.15) is 0 Å². The summed E-state index contributed by atoms with van der Waals surface area (Å²) >= 11 is 3.00. The van der Waals surface area contributed by atoms with Crippen molar-refractivity contribution < 1.29 is 9.59 Å².